The van der Waals surface area contributed by atoms with E-state index in [1.807, 2.05) is 33.3 Å². The first-order chi connectivity index (χ1) is 42.9. The molecule has 0 radical (unpaired) electrons. The highest BCUT2D eigenvalue weighted by Crippen LogP contribution is 2.43. The Kier molecular flexibility index (Phi) is 64.5. The second-order valence-electron chi connectivity index (χ2n) is 26.1. The average molecular weight is 1250 g/mol. The minimum Gasteiger partial charge on any atom is -0.456 e. The first-order valence-corrected chi connectivity index (χ1v) is 38.6. The highest BCUT2D eigenvalue weighted by atomic mass is 31.2. The summed E-state index contributed by atoms with van der Waals surface area (Å²) >= 11 is 0. The molecule has 0 aromatic rings. The molecule has 0 bridgehead atoms. The summed E-state index contributed by atoms with van der Waals surface area (Å²) in [7, 11) is 1.49. The van der Waals surface area contributed by atoms with Gasteiger partial charge in [-0.05, 0) is 109 Å². The van der Waals surface area contributed by atoms with Crippen LogP contribution >= 0.6 is 7.82 Å². The molecule has 0 aromatic carbocycles. The number of phosphoric acid groups is 1. The van der Waals surface area contributed by atoms with Crippen LogP contribution in [-0.2, 0) is 27.9 Å². The highest BCUT2D eigenvalue weighted by Gasteiger charge is 2.30. The zero-order valence-corrected chi connectivity index (χ0v) is 59.3. The van der Waals surface area contributed by atoms with Crippen LogP contribution in [0.2, 0.25) is 0 Å². The van der Waals surface area contributed by atoms with Crippen molar-refractivity contribution in [3.8, 4) is 0 Å². The summed E-state index contributed by atoms with van der Waals surface area (Å²) in [5.74, 6) is -0.502. The number of carbonyl (C=O) groups excluding carboxylic acids is 2. The van der Waals surface area contributed by atoms with E-state index in [9.17, 15) is 19.0 Å². The van der Waals surface area contributed by atoms with Gasteiger partial charge in [-0.2, -0.15) is 0 Å². The fourth-order valence-electron chi connectivity index (χ4n) is 10.6. The number of likely N-dealkylation sites (N-methyl/N-ethyl adjacent to an activating group) is 1. The van der Waals surface area contributed by atoms with E-state index in [-0.39, 0.29) is 31.5 Å². The van der Waals surface area contributed by atoms with Crippen molar-refractivity contribution in [2.24, 2.45) is 0 Å². The van der Waals surface area contributed by atoms with Gasteiger partial charge in [0.25, 0.3) is 0 Å². The van der Waals surface area contributed by atoms with Crippen molar-refractivity contribution >= 4 is 19.7 Å². The predicted molar refractivity (Wildman–Crippen MR) is 383 cm³/mol. The minimum atomic E-state index is -4.46. The lowest BCUT2D eigenvalue weighted by atomic mass is 10.0. The molecule has 3 atom stereocenters. The van der Waals surface area contributed by atoms with E-state index in [1.54, 1.807) is 0 Å². The number of ether oxygens (including phenoxy) is 1. The summed E-state index contributed by atoms with van der Waals surface area (Å²) in [6, 6.07) is -0.855. The number of carbonyl (C=O) groups is 2. The number of esters is 1. The van der Waals surface area contributed by atoms with Crippen LogP contribution in [0.5, 0.6) is 0 Å². The smallest absolute Gasteiger partial charge is 0.456 e. The molecule has 510 valence electrons. The maximum Gasteiger partial charge on any atom is 0.472 e. The zero-order chi connectivity index (χ0) is 64.2. The Morgan fingerprint density at radius 3 is 1.11 bits per heavy atom. The summed E-state index contributed by atoms with van der Waals surface area (Å²) < 4.78 is 30.9. The largest absolute Gasteiger partial charge is 0.472 e. The topological polar surface area (TPSA) is 111 Å². The highest BCUT2D eigenvalue weighted by molar-refractivity contribution is 7.47. The number of nitrogens with zero attached hydrogens (tertiary/aromatic N) is 1. The van der Waals surface area contributed by atoms with Crippen molar-refractivity contribution in [1.82, 2.24) is 5.32 Å². The van der Waals surface area contributed by atoms with Crippen LogP contribution in [-0.4, -0.2) is 74.3 Å². The van der Waals surface area contributed by atoms with Crippen LogP contribution < -0.4 is 5.32 Å². The van der Waals surface area contributed by atoms with Crippen molar-refractivity contribution in [1.29, 1.82) is 0 Å². The predicted octanol–water partition coefficient (Wildman–Crippen LogP) is 23.8. The second kappa shape index (κ2) is 66.8. The first-order valence-electron chi connectivity index (χ1n) is 37.1. The van der Waals surface area contributed by atoms with Crippen molar-refractivity contribution < 1.29 is 37.3 Å². The molecular formula is C78H142N2O7P+. The van der Waals surface area contributed by atoms with Crippen LogP contribution in [0.25, 0.3) is 0 Å². The molecule has 88 heavy (non-hydrogen) atoms. The molecule has 0 aliphatic heterocycles. The average Bonchev–Trinajstić information content (AvgIpc) is 3.61. The number of unbranched alkanes of at least 4 members (excludes halogenated alkanes) is 37. The number of hydrogen-bond acceptors (Lipinski definition) is 6. The summed E-state index contributed by atoms with van der Waals surface area (Å²) in [5, 5.41) is 3.08. The number of rotatable bonds is 67. The van der Waals surface area contributed by atoms with Gasteiger partial charge in [-0.3, -0.25) is 18.6 Å². The number of quaternary nitrogens is 1. The van der Waals surface area contributed by atoms with Crippen molar-refractivity contribution in [3.05, 3.63) is 97.2 Å². The fraction of sp³-hybridized carbons (Fsp3) is 0.769. The third-order valence-electron chi connectivity index (χ3n) is 16.3. The molecular weight excluding hydrogens is 1110 g/mol. The molecule has 0 fully saturated rings. The molecule has 0 heterocycles. The van der Waals surface area contributed by atoms with Gasteiger partial charge in [0, 0.05) is 12.8 Å². The van der Waals surface area contributed by atoms with Crippen molar-refractivity contribution in [3.63, 3.8) is 0 Å². The Balaban J connectivity index is 5.01. The third kappa shape index (κ3) is 67.3. The van der Waals surface area contributed by atoms with Gasteiger partial charge in [0.2, 0.25) is 5.91 Å². The molecule has 3 unspecified atom stereocenters. The van der Waals surface area contributed by atoms with Crippen LogP contribution in [0.15, 0.2) is 97.2 Å². The number of nitrogens with one attached hydrogen (secondary N) is 1. The van der Waals surface area contributed by atoms with Crippen molar-refractivity contribution in [2.75, 3.05) is 40.9 Å². The number of phosphoric ester groups is 1. The maximum absolute atomic E-state index is 13.6. The van der Waals surface area contributed by atoms with Gasteiger partial charge in [0.05, 0.1) is 33.8 Å². The lowest BCUT2D eigenvalue weighted by Crippen LogP contribution is -2.47. The molecule has 1 amide bonds. The van der Waals surface area contributed by atoms with Gasteiger partial charge in [-0.15, -0.1) is 0 Å². The molecule has 0 aliphatic carbocycles. The van der Waals surface area contributed by atoms with Crippen LogP contribution in [0.1, 0.15) is 335 Å². The van der Waals surface area contributed by atoms with Crippen LogP contribution in [0.4, 0.5) is 0 Å². The normalized spacial score (nSPS) is 14.0. The van der Waals surface area contributed by atoms with Gasteiger partial charge in [-0.1, -0.05) is 311 Å². The van der Waals surface area contributed by atoms with Gasteiger partial charge >= 0.3 is 13.8 Å². The Morgan fingerprint density at radius 1 is 0.409 bits per heavy atom. The van der Waals surface area contributed by atoms with Crippen molar-refractivity contribution in [2.45, 2.75) is 348 Å². The molecule has 9 nitrogen and oxygen atoms in total. The summed E-state index contributed by atoms with van der Waals surface area (Å²) in [6.45, 7) is 6.90. The van der Waals surface area contributed by atoms with E-state index < -0.39 is 20.0 Å². The van der Waals surface area contributed by atoms with Gasteiger partial charge < -0.3 is 19.4 Å². The number of allylic oxidation sites excluding steroid dienone is 15. The standard InChI is InChI=1S/C78H141N2O7P/c1-7-10-13-16-19-22-25-28-30-32-34-36-38-39-40-41-43-45-47-49-51-53-56-59-62-65-68-71-78(82)87-76(69-66-63-60-57-54-27-24-21-18-15-12-9-3)75(74-86-88(83,84)85-73-72-80(4,5)6)79-77(81)70-67-64-61-58-55-52-50-48-46-44-42-37-35-33-31-29-26-23-20-17-14-11-8-2/h10,13,19-20,22-23,28-31,34,36,39-40,66,69,75-76H,7-9,11-12,14-18,21,24-27,32-33,35,37-38,41-65,67-68,70-74H2,1-6H3,(H-,79,81,83,84)/p+1/b13-10-,22-19-,23-20-,30-28-,31-29-,36-34-,40-39-,69-66+. The fourth-order valence-corrected chi connectivity index (χ4v) is 11.3. The summed E-state index contributed by atoms with van der Waals surface area (Å²) in [4.78, 5) is 38.0. The zero-order valence-electron chi connectivity index (χ0n) is 58.5. The van der Waals surface area contributed by atoms with E-state index >= 15 is 0 Å². The molecule has 2 N–H and O–H groups in total. The lowest BCUT2D eigenvalue weighted by Gasteiger charge is -2.27. The quantitative estimate of drug-likeness (QED) is 0.0205. The summed E-state index contributed by atoms with van der Waals surface area (Å²) in [5.41, 5.74) is 0. The number of amides is 1. The van der Waals surface area contributed by atoms with E-state index in [0.29, 0.717) is 17.4 Å². The monoisotopic (exact) mass is 1250 g/mol. The molecule has 0 aromatic heterocycles. The Morgan fingerprint density at radius 2 is 0.727 bits per heavy atom. The molecule has 0 saturated carbocycles. The molecule has 0 spiro atoms. The molecule has 0 saturated heterocycles. The molecule has 10 heteroatoms. The van der Waals surface area contributed by atoms with E-state index in [2.05, 4.69) is 111 Å². The first kappa shape index (κ1) is 84.9. The van der Waals surface area contributed by atoms with Crippen LogP contribution in [0, 0.1) is 0 Å². The van der Waals surface area contributed by atoms with E-state index in [1.165, 1.54) is 205 Å². The SMILES string of the molecule is CC/C=C\C/C=C\C/C=C\C/C=C\C/C=C\CCCCCCCCCCCCCC(=O)OC(/C=C/CCCCCCCCCCCC)C(COP(=O)(O)OCC[N+](C)(C)C)NC(=O)CCCCCCCCCCCCCCC/C=C\C/C=C\CCCCC. The van der Waals surface area contributed by atoms with Crippen LogP contribution in [0.3, 0.4) is 0 Å². The Bertz CT molecular complexity index is 1830. The van der Waals surface area contributed by atoms with E-state index in [4.69, 9.17) is 13.8 Å². The van der Waals surface area contributed by atoms with Gasteiger partial charge in [-0.25, -0.2) is 4.57 Å². The maximum atomic E-state index is 13.6. The molecule has 0 rings (SSSR count). The summed E-state index contributed by atoms with van der Waals surface area (Å²) in [6.07, 6.45) is 91.4. The van der Waals surface area contributed by atoms with Gasteiger partial charge in [0.1, 0.15) is 19.3 Å². The number of hydrogen-bond donors (Lipinski definition) is 2. The Hall–Kier alpha value is -3.07. The van der Waals surface area contributed by atoms with Gasteiger partial charge in [0.15, 0.2) is 0 Å². The minimum absolute atomic E-state index is 0.0372. The third-order valence-corrected chi connectivity index (χ3v) is 17.2. The lowest BCUT2D eigenvalue weighted by molar-refractivity contribution is -0.870. The molecule has 0 aliphatic rings. The second-order valence-corrected chi connectivity index (χ2v) is 27.5. The van der Waals surface area contributed by atoms with E-state index in [0.717, 1.165) is 96.3 Å². The Labute approximate surface area is 545 Å².